The highest BCUT2D eigenvalue weighted by atomic mass is 32.2. The number of fused-ring (bicyclic) bond motifs is 1. The Morgan fingerprint density at radius 1 is 1.14 bits per heavy atom. The van der Waals surface area contributed by atoms with Crippen molar-refractivity contribution in [2.45, 2.75) is 53.4 Å². The van der Waals surface area contributed by atoms with Crippen LogP contribution in [-0.2, 0) is 10.0 Å². The van der Waals surface area contributed by atoms with Gasteiger partial charge in [0.2, 0.25) is 10.0 Å². The Morgan fingerprint density at radius 2 is 1.86 bits per heavy atom. The van der Waals surface area contributed by atoms with Gasteiger partial charge in [0.15, 0.2) is 0 Å². The van der Waals surface area contributed by atoms with Gasteiger partial charge in [-0.25, -0.2) is 8.42 Å². The van der Waals surface area contributed by atoms with E-state index in [2.05, 4.69) is 44.7 Å². The van der Waals surface area contributed by atoms with E-state index in [4.69, 9.17) is 0 Å². The van der Waals surface area contributed by atoms with Gasteiger partial charge in [-0.2, -0.15) is 0 Å². The first kappa shape index (κ1) is 22.6. The second kappa shape index (κ2) is 9.80. The molecule has 4 nitrogen and oxygen atoms in total. The Bertz CT molecular complexity index is 901. The third-order valence-corrected chi connectivity index (χ3v) is 8.79. The van der Waals surface area contributed by atoms with Crippen molar-refractivity contribution in [3.05, 3.63) is 29.8 Å². The third-order valence-electron chi connectivity index (χ3n) is 5.65. The SMILES string of the molecule is CCCN(CCS(=O)(=O)N(CCC1CC1)c1sc2ccccc2c1C)CC(C)C. The van der Waals surface area contributed by atoms with E-state index in [-0.39, 0.29) is 5.75 Å². The largest absolute Gasteiger partial charge is 0.302 e. The molecule has 1 aliphatic carbocycles. The molecule has 0 saturated heterocycles. The molecule has 0 unspecified atom stereocenters. The van der Waals surface area contributed by atoms with Crippen LogP contribution < -0.4 is 4.31 Å². The smallest absolute Gasteiger partial charge is 0.237 e. The van der Waals surface area contributed by atoms with Crippen LogP contribution >= 0.6 is 11.3 Å². The minimum Gasteiger partial charge on any atom is -0.302 e. The number of sulfonamides is 1. The molecule has 6 heteroatoms. The molecule has 29 heavy (non-hydrogen) atoms. The second-order valence-corrected chi connectivity index (χ2v) is 11.9. The van der Waals surface area contributed by atoms with Crippen molar-refractivity contribution in [1.82, 2.24) is 4.90 Å². The van der Waals surface area contributed by atoms with Crippen LogP contribution in [0.3, 0.4) is 0 Å². The van der Waals surface area contributed by atoms with Crippen molar-refractivity contribution in [3.8, 4) is 0 Å². The molecule has 162 valence electrons. The van der Waals surface area contributed by atoms with E-state index in [0.29, 0.717) is 24.9 Å². The van der Waals surface area contributed by atoms with Crippen LogP contribution in [0.5, 0.6) is 0 Å². The Kier molecular flexibility index (Phi) is 7.63. The molecule has 1 aromatic heterocycles. The van der Waals surface area contributed by atoms with Crippen LogP contribution in [0.1, 0.15) is 52.0 Å². The van der Waals surface area contributed by atoms with Gasteiger partial charge in [0.25, 0.3) is 0 Å². The maximum atomic E-state index is 13.5. The molecule has 1 fully saturated rings. The predicted molar refractivity (Wildman–Crippen MR) is 127 cm³/mol. The van der Waals surface area contributed by atoms with Gasteiger partial charge in [0.1, 0.15) is 5.00 Å². The molecule has 1 saturated carbocycles. The molecule has 0 radical (unpaired) electrons. The molecule has 1 heterocycles. The Balaban J connectivity index is 1.83. The number of hydrogen-bond acceptors (Lipinski definition) is 4. The van der Waals surface area contributed by atoms with Crippen LogP contribution in [0.25, 0.3) is 10.1 Å². The molecule has 0 N–H and O–H groups in total. The summed E-state index contributed by atoms with van der Waals surface area (Å²) in [7, 11) is -3.36. The molecule has 1 aromatic carbocycles. The fourth-order valence-corrected chi connectivity index (χ4v) is 7.03. The van der Waals surface area contributed by atoms with E-state index in [1.807, 2.05) is 12.1 Å². The van der Waals surface area contributed by atoms with Crippen LogP contribution in [0.4, 0.5) is 5.00 Å². The van der Waals surface area contributed by atoms with E-state index in [0.717, 1.165) is 36.5 Å². The van der Waals surface area contributed by atoms with Gasteiger partial charge in [-0.05, 0) is 55.2 Å². The highest BCUT2D eigenvalue weighted by Crippen LogP contribution is 2.40. The normalized spacial score (nSPS) is 15.0. The summed E-state index contributed by atoms with van der Waals surface area (Å²) in [5.41, 5.74) is 1.09. The number of nitrogens with zero attached hydrogens (tertiary/aromatic N) is 2. The van der Waals surface area contributed by atoms with E-state index in [1.165, 1.54) is 22.9 Å². The second-order valence-electron chi connectivity index (χ2n) is 8.84. The van der Waals surface area contributed by atoms with E-state index < -0.39 is 10.0 Å². The van der Waals surface area contributed by atoms with Crippen LogP contribution in [0, 0.1) is 18.8 Å². The van der Waals surface area contributed by atoms with Crippen molar-refractivity contribution >= 4 is 36.4 Å². The first-order chi connectivity index (χ1) is 13.8. The summed E-state index contributed by atoms with van der Waals surface area (Å²) in [5, 5.41) is 2.09. The standard InChI is InChI=1S/C23H36N2O2S2/c1-5-13-24(17-18(2)3)15-16-29(26,27)25(14-12-20-10-11-20)23-19(4)21-8-6-7-9-22(21)28-23/h6-9,18,20H,5,10-17H2,1-4H3. The van der Waals surface area contributed by atoms with Gasteiger partial charge < -0.3 is 4.90 Å². The van der Waals surface area contributed by atoms with E-state index in [1.54, 1.807) is 15.6 Å². The molecular formula is C23H36N2O2S2. The molecule has 0 aliphatic heterocycles. The molecule has 0 amide bonds. The average molecular weight is 437 g/mol. The molecule has 2 aromatic rings. The maximum Gasteiger partial charge on any atom is 0.237 e. The molecular weight excluding hydrogens is 400 g/mol. The topological polar surface area (TPSA) is 40.6 Å². The zero-order chi connectivity index (χ0) is 21.0. The fourth-order valence-electron chi connectivity index (χ4n) is 3.95. The molecule has 0 bridgehead atoms. The fraction of sp³-hybridized carbons (Fsp3) is 0.652. The van der Waals surface area contributed by atoms with Crippen molar-refractivity contribution in [2.24, 2.45) is 11.8 Å². The Morgan fingerprint density at radius 3 is 2.48 bits per heavy atom. The summed E-state index contributed by atoms with van der Waals surface area (Å²) in [6, 6.07) is 8.25. The van der Waals surface area contributed by atoms with Crippen molar-refractivity contribution < 1.29 is 8.42 Å². The number of hydrogen-bond donors (Lipinski definition) is 0. The molecule has 0 spiro atoms. The average Bonchev–Trinajstić information content (AvgIpc) is 3.44. The first-order valence-electron chi connectivity index (χ1n) is 11.0. The molecule has 3 rings (SSSR count). The zero-order valence-electron chi connectivity index (χ0n) is 18.4. The lowest BCUT2D eigenvalue weighted by Gasteiger charge is -2.27. The molecule has 1 aliphatic rings. The number of anilines is 1. The lowest BCUT2D eigenvalue weighted by Crippen LogP contribution is -2.39. The minimum atomic E-state index is -3.36. The lowest BCUT2D eigenvalue weighted by molar-refractivity contribution is 0.257. The van der Waals surface area contributed by atoms with E-state index in [9.17, 15) is 8.42 Å². The summed E-state index contributed by atoms with van der Waals surface area (Å²) in [4.78, 5) is 2.30. The van der Waals surface area contributed by atoms with Gasteiger partial charge in [-0.3, -0.25) is 4.31 Å². The van der Waals surface area contributed by atoms with Crippen molar-refractivity contribution in [3.63, 3.8) is 0 Å². The van der Waals surface area contributed by atoms with Gasteiger partial charge in [0.05, 0.1) is 5.75 Å². The van der Waals surface area contributed by atoms with E-state index >= 15 is 0 Å². The van der Waals surface area contributed by atoms with Crippen molar-refractivity contribution in [1.29, 1.82) is 0 Å². The zero-order valence-corrected chi connectivity index (χ0v) is 20.0. The summed E-state index contributed by atoms with van der Waals surface area (Å²) in [5.74, 6) is 1.44. The van der Waals surface area contributed by atoms with Gasteiger partial charge >= 0.3 is 0 Å². The first-order valence-corrected chi connectivity index (χ1v) is 13.4. The maximum absolute atomic E-state index is 13.5. The third kappa shape index (κ3) is 5.96. The summed E-state index contributed by atoms with van der Waals surface area (Å²) in [6.45, 7) is 11.7. The highest BCUT2D eigenvalue weighted by molar-refractivity contribution is 7.93. The number of rotatable bonds is 12. The monoisotopic (exact) mass is 436 g/mol. The summed E-state index contributed by atoms with van der Waals surface area (Å²) in [6.07, 6.45) is 4.51. The van der Waals surface area contributed by atoms with Crippen molar-refractivity contribution in [2.75, 3.05) is 36.2 Å². The summed E-state index contributed by atoms with van der Waals surface area (Å²) >= 11 is 1.62. The summed E-state index contributed by atoms with van der Waals surface area (Å²) < 4.78 is 29.9. The van der Waals surface area contributed by atoms with Gasteiger partial charge in [-0.1, -0.05) is 51.8 Å². The number of aryl methyl sites for hydroxylation is 1. The van der Waals surface area contributed by atoms with Crippen LogP contribution in [-0.4, -0.2) is 45.2 Å². The quantitative estimate of drug-likeness (QED) is 0.440. The highest BCUT2D eigenvalue weighted by Gasteiger charge is 2.30. The van der Waals surface area contributed by atoms with Crippen LogP contribution in [0.2, 0.25) is 0 Å². The predicted octanol–water partition coefficient (Wildman–Crippen LogP) is 5.51. The lowest BCUT2D eigenvalue weighted by atomic mass is 10.2. The van der Waals surface area contributed by atoms with Gasteiger partial charge in [0, 0.05) is 24.3 Å². The van der Waals surface area contributed by atoms with Gasteiger partial charge in [-0.15, -0.1) is 11.3 Å². The minimum absolute atomic E-state index is 0.193. The number of thiophene rings is 1. The number of benzene rings is 1. The molecule has 0 atom stereocenters. The van der Waals surface area contributed by atoms with Crippen LogP contribution in [0.15, 0.2) is 24.3 Å². The Hall–Kier alpha value is -1.11. The Labute approximate surface area is 181 Å².